The largest absolute Gasteiger partial charge is 0.492 e. The zero-order valence-corrected chi connectivity index (χ0v) is 12.3. The predicted molar refractivity (Wildman–Crippen MR) is 80.5 cm³/mol. The molecule has 0 saturated carbocycles. The zero-order chi connectivity index (χ0) is 14.3. The van der Waals surface area contributed by atoms with Crippen LogP contribution in [0.4, 0.5) is 0 Å². The van der Waals surface area contributed by atoms with Crippen molar-refractivity contribution in [1.29, 1.82) is 0 Å². The van der Waals surface area contributed by atoms with Gasteiger partial charge in [-0.05, 0) is 35.4 Å². The van der Waals surface area contributed by atoms with Crippen molar-refractivity contribution in [2.75, 3.05) is 6.61 Å². The number of hydrogen-bond acceptors (Lipinski definition) is 2. The average Bonchev–Trinajstić information content (AvgIpc) is 2.74. The third-order valence-corrected chi connectivity index (χ3v) is 4.07. The molecule has 0 aromatic heterocycles. The molecule has 0 spiro atoms. The normalized spacial score (nSPS) is 17.4. The number of benzene rings is 2. The summed E-state index contributed by atoms with van der Waals surface area (Å²) in [6.45, 7) is 4.98. The van der Waals surface area contributed by atoms with Crippen molar-refractivity contribution in [2.24, 2.45) is 0 Å². The number of fused-ring (bicyclic) bond motifs is 1. The van der Waals surface area contributed by atoms with Crippen LogP contribution in [0, 0.1) is 0 Å². The van der Waals surface area contributed by atoms with Gasteiger partial charge in [0.05, 0.1) is 6.61 Å². The molecule has 1 atom stereocenters. The van der Waals surface area contributed by atoms with Crippen molar-refractivity contribution in [3.63, 3.8) is 0 Å². The molecule has 20 heavy (non-hydrogen) atoms. The molecule has 1 N–H and O–H groups in total. The van der Waals surface area contributed by atoms with Crippen molar-refractivity contribution in [3.05, 3.63) is 64.2 Å². The van der Waals surface area contributed by atoms with Crippen LogP contribution in [0.15, 0.2) is 42.5 Å². The lowest BCUT2D eigenvalue weighted by Gasteiger charge is -2.18. The Labute approximate surface area is 124 Å². The van der Waals surface area contributed by atoms with E-state index in [1.54, 1.807) is 12.1 Å². The summed E-state index contributed by atoms with van der Waals surface area (Å²) in [4.78, 5) is 0. The Bertz CT molecular complexity index is 632. The maximum absolute atomic E-state index is 10.5. The highest BCUT2D eigenvalue weighted by atomic mass is 35.5. The van der Waals surface area contributed by atoms with E-state index in [4.69, 9.17) is 16.3 Å². The van der Waals surface area contributed by atoms with Crippen LogP contribution in [0.5, 0.6) is 5.75 Å². The molecule has 2 aromatic carbocycles. The molecule has 1 heterocycles. The summed E-state index contributed by atoms with van der Waals surface area (Å²) in [5.41, 5.74) is 2.86. The minimum absolute atomic E-state index is 0.00887. The first-order chi connectivity index (χ1) is 9.47. The highest BCUT2D eigenvalue weighted by Gasteiger charge is 2.32. The number of ether oxygens (including phenoxy) is 1. The molecular weight excluding hydrogens is 272 g/mol. The van der Waals surface area contributed by atoms with Gasteiger partial charge in [0.1, 0.15) is 11.9 Å². The van der Waals surface area contributed by atoms with E-state index in [0.717, 1.165) is 22.4 Å². The van der Waals surface area contributed by atoms with Gasteiger partial charge in [-0.25, -0.2) is 0 Å². The predicted octanol–water partition coefficient (Wildman–Crippen LogP) is 4.09. The monoisotopic (exact) mass is 288 g/mol. The summed E-state index contributed by atoms with van der Waals surface area (Å²) in [5.74, 6) is 0.919. The molecule has 0 aliphatic carbocycles. The molecular formula is C17H17ClO2. The summed E-state index contributed by atoms with van der Waals surface area (Å²) in [6.07, 6.45) is -0.644. The van der Waals surface area contributed by atoms with Gasteiger partial charge in [0, 0.05) is 16.0 Å². The van der Waals surface area contributed by atoms with Gasteiger partial charge in [-0.15, -0.1) is 0 Å². The van der Waals surface area contributed by atoms with E-state index in [2.05, 4.69) is 13.8 Å². The SMILES string of the molecule is CC1(C)COc2ccc(C(O)c3ccc(Cl)cc3)cc21. The van der Waals surface area contributed by atoms with Crippen LogP contribution in [0.1, 0.15) is 36.6 Å². The number of aliphatic hydroxyl groups is 1. The van der Waals surface area contributed by atoms with Crippen molar-refractivity contribution < 1.29 is 9.84 Å². The molecule has 0 saturated heterocycles. The van der Waals surface area contributed by atoms with E-state index >= 15 is 0 Å². The minimum Gasteiger partial charge on any atom is -0.492 e. The van der Waals surface area contributed by atoms with E-state index in [-0.39, 0.29) is 5.41 Å². The first-order valence-electron chi connectivity index (χ1n) is 6.68. The average molecular weight is 289 g/mol. The molecule has 1 aliphatic rings. The zero-order valence-electron chi connectivity index (χ0n) is 11.6. The van der Waals surface area contributed by atoms with Gasteiger partial charge in [0.2, 0.25) is 0 Å². The second kappa shape index (κ2) is 4.80. The van der Waals surface area contributed by atoms with Gasteiger partial charge in [-0.3, -0.25) is 0 Å². The highest BCUT2D eigenvalue weighted by molar-refractivity contribution is 6.30. The van der Waals surface area contributed by atoms with Crippen molar-refractivity contribution in [2.45, 2.75) is 25.4 Å². The third kappa shape index (κ3) is 2.30. The number of rotatable bonds is 2. The Morgan fingerprint density at radius 3 is 2.45 bits per heavy atom. The molecule has 0 radical (unpaired) electrons. The summed E-state index contributed by atoms with van der Waals surface area (Å²) in [6, 6.07) is 13.2. The van der Waals surface area contributed by atoms with Gasteiger partial charge in [-0.1, -0.05) is 43.6 Å². The maximum Gasteiger partial charge on any atom is 0.123 e. The van der Waals surface area contributed by atoms with Crippen LogP contribution in [0.2, 0.25) is 5.02 Å². The second-order valence-electron chi connectivity index (χ2n) is 5.88. The lowest BCUT2D eigenvalue weighted by molar-refractivity contribution is 0.220. The number of aliphatic hydroxyl groups excluding tert-OH is 1. The molecule has 1 aliphatic heterocycles. The van der Waals surface area contributed by atoms with E-state index < -0.39 is 6.10 Å². The highest BCUT2D eigenvalue weighted by Crippen LogP contribution is 2.40. The second-order valence-corrected chi connectivity index (χ2v) is 6.32. The number of halogens is 1. The molecule has 0 bridgehead atoms. The quantitative estimate of drug-likeness (QED) is 0.902. The first-order valence-corrected chi connectivity index (χ1v) is 7.06. The van der Waals surface area contributed by atoms with Crippen LogP contribution in [-0.4, -0.2) is 11.7 Å². The fourth-order valence-electron chi connectivity index (χ4n) is 2.55. The van der Waals surface area contributed by atoms with Crippen molar-refractivity contribution in [1.82, 2.24) is 0 Å². The smallest absolute Gasteiger partial charge is 0.123 e. The van der Waals surface area contributed by atoms with Gasteiger partial charge < -0.3 is 9.84 Å². The maximum atomic E-state index is 10.5. The van der Waals surface area contributed by atoms with E-state index in [1.807, 2.05) is 30.3 Å². The van der Waals surface area contributed by atoms with E-state index in [0.29, 0.717) is 11.6 Å². The van der Waals surface area contributed by atoms with E-state index in [9.17, 15) is 5.11 Å². The lowest BCUT2D eigenvalue weighted by atomic mass is 9.85. The summed E-state index contributed by atoms with van der Waals surface area (Å²) in [5, 5.41) is 11.2. The van der Waals surface area contributed by atoms with Gasteiger partial charge >= 0.3 is 0 Å². The molecule has 1 unspecified atom stereocenters. The van der Waals surface area contributed by atoms with Crippen LogP contribution < -0.4 is 4.74 Å². The molecule has 0 fully saturated rings. The Morgan fingerprint density at radius 1 is 1.10 bits per heavy atom. The molecule has 2 nitrogen and oxygen atoms in total. The Kier molecular flexibility index (Phi) is 3.23. The summed E-state index contributed by atoms with van der Waals surface area (Å²) < 4.78 is 5.67. The number of hydrogen-bond donors (Lipinski definition) is 1. The van der Waals surface area contributed by atoms with Gasteiger partial charge in [0.15, 0.2) is 0 Å². The third-order valence-electron chi connectivity index (χ3n) is 3.82. The first kappa shape index (κ1) is 13.5. The fraction of sp³-hybridized carbons (Fsp3) is 0.294. The Morgan fingerprint density at radius 2 is 1.75 bits per heavy atom. The van der Waals surface area contributed by atoms with Crippen LogP contribution >= 0.6 is 11.6 Å². The fourth-order valence-corrected chi connectivity index (χ4v) is 2.67. The summed E-state index contributed by atoms with van der Waals surface area (Å²) in [7, 11) is 0. The minimum atomic E-state index is -0.644. The van der Waals surface area contributed by atoms with Crippen LogP contribution in [0.3, 0.4) is 0 Å². The molecule has 0 amide bonds. The molecule has 3 rings (SSSR count). The molecule has 2 aromatic rings. The van der Waals surface area contributed by atoms with Gasteiger partial charge in [-0.2, -0.15) is 0 Å². The van der Waals surface area contributed by atoms with Crippen molar-refractivity contribution in [3.8, 4) is 5.75 Å². The van der Waals surface area contributed by atoms with Crippen LogP contribution in [-0.2, 0) is 5.41 Å². The Balaban J connectivity index is 1.97. The van der Waals surface area contributed by atoms with Crippen LogP contribution in [0.25, 0.3) is 0 Å². The molecule has 3 heteroatoms. The summed E-state index contributed by atoms with van der Waals surface area (Å²) >= 11 is 5.88. The van der Waals surface area contributed by atoms with Gasteiger partial charge in [0.25, 0.3) is 0 Å². The topological polar surface area (TPSA) is 29.5 Å². The Hall–Kier alpha value is -1.51. The lowest BCUT2D eigenvalue weighted by Crippen LogP contribution is -2.18. The molecule has 104 valence electrons. The standard InChI is InChI=1S/C17H17ClO2/c1-17(2)10-20-15-8-5-12(9-14(15)17)16(19)11-3-6-13(18)7-4-11/h3-9,16,19H,10H2,1-2H3. The van der Waals surface area contributed by atoms with E-state index in [1.165, 1.54) is 0 Å². The van der Waals surface area contributed by atoms with Crippen molar-refractivity contribution >= 4 is 11.6 Å².